The predicted molar refractivity (Wildman–Crippen MR) is 135 cm³/mol. The fourth-order valence-corrected chi connectivity index (χ4v) is 5.22. The van der Waals surface area contributed by atoms with Crippen LogP contribution in [0.25, 0.3) is 0 Å². The van der Waals surface area contributed by atoms with Crippen LogP contribution in [0.1, 0.15) is 47.1 Å². The van der Waals surface area contributed by atoms with Crippen LogP contribution in [0.5, 0.6) is 0 Å². The largest absolute Gasteiger partial charge is 0.362 e. The van der Waals surface area contributed by atoms with Crippen molar-refractivity contribution in [1.29, 1.82) is 0 Å². The summed E-state index contributed by atoms with van der Waals surface area (Å²) in [6.07, 6.45) is 4.57. The van der Waals surface area contributed by atoms with Crippen LogP contribution in [-0.4, -0.2) is 26.5 Å². The Morgan fingerprint density at radius 3 is 2.54 bits per heavy atom. The summed E-state index contributed by atoms with van der Waals surface area (Å²) in [5.41, 5.74) is 6.02. The number of amides is 1. The van der Waals surface area contributed by atoms with Crippen molar-refractivity contribution in [2.45, 2.75) is 38.5 Å². The fourth-order valence-electron chi connectivity index (χ4n) is 5.22. The number of pyridine rings is 1. The monoisotopic (exact) mass is 467 g/mol. The second-order valence-electron chi connectivity index (χ2n) is 9.46. The minimum absolute atomic E-state index is 0.0552. The summed E-state index contributed by atoms with van der Waals surface area (Å²) in [4.78, 5) is 31.6. The van der Waals surface area contributed by atoms with Gasteiger partial charge >= 0.3 is 0 Å². The van der Waals surface area contributed by atoms with Gasteiger partial charge in [-0.25, -0.2) is 4.98 Å². The Morgan fingerprint density at radius 1 is 1.11 bits per heavy atom. The molecule has 1 aromatic carbocycles. The van der Waals surface area contributed by atoms with Crippen LogP contribution >= 0.6 is 0 Å². The highest BCUT2D eigenvalue weighted by molar-refractivity contribution is 6.03. The maximum Gasteiger partial charge on any atom is 0.235 e. The van der Waals surface area contributed by atoms with Gasteiger partial charge in [-0.15, -0.1) is 0 Å². The van der Waals surface area contributed by atoms with Gasteiger partial charge in [0.15, 0.2) is 5.78 Å². The van der Waals surface area contributed by atoms with E-state index in [9.17, 15) is 9.59 Å². The van der Waals surface area contributed by atoms with E-state index in [0.717, 1.165) is 28.1 Å². The summed E-state index contributed by atoms with van der Waals surface area (Å²) >= 11 is 0. The Kier molecular flexibility index (Phi) is 5.84. The fraction of sp³-hybridized carbons (Fsp3) is 0.286. The van der Waals surface area contributed by atoms with E-state index in [2.05, 4.69) is 39.4 Å². The predicted octanol–water partition coefficient (Wildman–Crippen LogP) is 4.29. The molecule has 0 spiro atoms. The van der Waals surface area contributed by atoms with E-state index in [-0.39, 0.29) is 17.6 Å². The number of rotatable bonds is 4. The van der Waals surface area contributed by atoms with Crippen molar-refractivity contribution in [2.75, 3.05) is 5.32 Å². The third-order valence-electron chi connectivity index (χ3n) is 7.16. The van der Waals surface area contributed by atoms with E-state index in [4.69, 9.17) is 0 Å². The van der Waals surface area contributed by atoms with Crippen molar-refractivity contribution in [3.8, 4) is 0 Å². The molecular weight excluding hydrogens is 438 g/mol. The van der Waals surface area contributed by atoms with Crippen molar-refractivity contribution in [3.63, 3.8) is 0 Å². The maximum absolute atomic E-state index is 13.7. The second-order valence-corrected chi connectivity index (χ2v) is 9.46. The van der Waals surface area contributed by atoms with E-state index in [1.165, 1.54) is 0 Å². The molecule has 0 fully saturated rings. The number of aryl methyl sites for hydroxylation is 2. The van der Waals surface area contributed by atoms with Gasteiger partial charge in [0.25, 0.3) is 0 Å². The number of benzene rings is 1. The first kappa shape index (κ1) is 22.8. The van der Waals surface area contributed by atoms with E-state index in [1.54, 1.807) is 23.1 Å². The van der Waals surface area contributed by atoms with E-state index in [1.807, 2.05) is 45.2 Å². The third-order valence-corrected chi connectivity index (χ3v) is 7.16. The molecule has 0 radical (unpaired) electrons. The minimum Gasteiger partial charge on any atom is -0.362 e. The second kappa shape index (κ2) is 8.98. The number of ketones is 1. The first-order chi connectivity index (χ1) is 16.8. The molecule has 178 valence electrons. The van der Waals surface area contributed by atoms with Crippen molar-refractivity contribution < 1.29 is 9.59 Å². The van der Waals surface area contributed by atoms with Gasteiger partial charge in [0, 0.05) is 53.8 Å². The number of hydrogen-bond acceptors (Lipinski definition) is 5. The van der Waals surface area contributed by atoms with E-state index in [0.29, 0.717) is 29.9 Å². The lowest BCUT2D eigenvalue weighted by atomic mass is 9.68. The maximum atomic E-state index is 13.7. The molecule has 7 nitrogen and oxygen atoms in total. The summed E-state index contributed by atoms with van der Waals surface area (Å²) in [5, 5.41) is 10.7. The lowest BCUT2D eigenvalue weighted by Crippen LogP contribution is -2.43. The van der Waals surface area contributed by atoms with Crippen molar-refractivity contribution in [2.24, 2.45) is 13.0 Å². The molecule has 2 N–H and O–H groups in total. The number of aromatic nitrogens is 3. The Morgan fingerprint density at radius 2 is 1.89 bits per heavy atom. The Balaban J connectivity index is 1.56. The molecular formula is C28H29N5O2. The zero-order chi connectivity index (χ0) is 24.7. The molecule has 3 heterocycles. The van der Waals surface area contributed by atoms with Crippen LogP contribution in [-0.2, 0) is 16.6 Å². The highest BCUT2D eigenvalue weighted by Crippen LogP contribution is 2.47. The number of anilines is 1. The zero-order valence-corrected chi connectivity index (χ0v) is 20.2. The van der Waals surface area contributed by atoms with Gasteiger partial charge in [0.1, 0.15) is 5.82 Å². The summed E-state index contributed by atoms with van der Waals surface area (Å²) in [5.74, 6) is -0.801. The normalized spacial score (nSPS) is 22.0. The van der Waals surface area contributed by atoms with Gasteiger partial charge in [0.05, 0.1) is 12.1 Å². The zero-order valence-electron chi connectivity index (χ0n) is 20.2. The number of carbonyl (C=O) groups excluding carboxylic acids is 2. The molecule has 0 saturated carbocycles. The Bertz CT molecular complexity index is 1340. The highest BCUT2D eigenvalue weighted by Gasteiger charge is 2.45. The van der Waals surface area contributed by atoms with Crippen LogP contribution in [0.15, 0.2) is 78.4 Å². The van der Waals surface area contributed by atoms with Crippen LogP contribution in [0, 0.1) is 19.8 Å². The molecule has 5 rings (SSSR count). The number of Topliss-reactive ketones (excluding diaryl/α,β-unsaturated/α-hetero) is 1. The lowest BCUT2D eigenvalue weighted by molar-refractivity contribution is -0.120. The van der Waals surface area contributed by atoms with Crippen LogP contribution in [0.2, 0.25) is 0 Å². The SMILES string of the molecule is C=C1NC2=C(C(=O)CC(c3ccccc3)C2)C(c2cnn(C)c2C)C1C(=O)Nc1ccc(C)cn1. The summed E-state index contributed by atoms with van der Waals surface area (Å²) in [7, 11) is 1.86. The van der Waals surface area contributed by atoms with Crippen molar-refractivity contribution in [1.82, 2.24) is 20.1 Å². The summed E-state index contributed by atoms with van der Waals surface area (Å²) in [6, 6.07) is 13.8. The van der Waals surface area contributed by atoms with E-state index >= 15 is 0 Å². The molecule has 2 aromatic heterocycles. The van der Waals surface area contributed by atoms with Crippen LogP contribution in [0.4, 0.5) is 5.82 Å². The number of allylic oxidation sites excluding steroid dienone is 2. The number of carbonyl (C=O) groups is 2. The molecule has 0 saturated heterocycles. The van der Waals surface area contributed by atoms with Crippen LogP contribution in [0.3, 0.4) is 0 Å². The molecule has 1 aliphatic heterocycles. The van der Waals surface area contributed by atoms with Gasteiger partial charge < -0.3 is 10.6 Å². The molecule has 0 bridgehead atoms. The van der Waals surface area contributed by atoms with Crippen LogP contribution < -0.4 is 10.6 Å². The Labute approximate surface area is 205 Å². The summed E-state index contributed by atoms with van der Waals surface area (Å²) < 4.78 is 1.77. The van der Waals surface area contributed by atoms with Crippen molar-refractivity contribution >= 4 is 17.5 Å². The Hall–Kier alpha value is -4.00. The topological polar surface area (TPSA) is 88.9 Å². The summed E-state index contributed by atoms with van der Waals surface area (Å²) in [6.45, 7) is 8.14. The average Bonchev–Trinajstić information content (AvgIpc) is 3.17. The number of nitrogens with one attached hydrogen (secondary N) is 2. The molecule has 7 heteroatoms. The molecule has 1 aliphatic carbocycles. The smallest absolute Gasteiger partial charge is 0.235 e. The number of hydrogen-bond donors (Lipinski definition) is 2. The molecule has 3 unspecified atom stereocenters. The molecule has 35 heavy (non-hydrogen) atoms. The van der Waals surface area contributed by atoms with Gasteiger partial charge in [-0.2, -0.15) is 5.10 Å². The molecule has 2 aliphatic rings. The minimum atomic E-state index is -0.683. The molecule has 3 aromatic rings. The first-order valence-corrected chi connectivity index (χ1v) is 11.8. The van der Waals surface area contributed by atoms with Gasteiger partial charge in [0.2, 0.25) is 5.91 Å². The first-order valence-electron chi connectivity index (χ1n) is 11.8. The van der Waals surface area contributed by atoms with Gasteiger partial charge in [-0.1, -0.05) is 43.0 Å². The highest BCUT2D eigenvalue weighted by atomic mass is 16.2. The standard InChI is InChI=1S/C28H29N5O2/c1-16-10-11-24(29-14-16)32-28(35)25-17(2)31-22-12-20(19-8-6-5-7-9-19)13-23(34)27(22)26(25)21-15-30-33(4)18(21)3/h5-11,14-15,20,25-26,31H,2,12-13H2,1,3-4H3,(H,29,32,35). The van der Waals surface area contributed by atoms with Crippen molar-refractivity contribution in [3.05, 3.63) is 101 Å². The average molecular weight is 468 g/mol. The molecule has 3 atom stereocenters. The van der Waals surface area contributed by atoms with E-state index < -0.39 is 11.8 Å². The van der Waals surface area contributed by atoms with Gasteiger partial charge in [-0.3, -0.25) is 14.3 Å². The molecule has 1 amide bonds. The van der Waals surface area contributed by atoms with Gasteiger partial charge in [-0.05, 0) is 43.4 Å². The quantitative estimate of drug-likeness (QED) is 0.598. The lowest BCUT2D eigenvalue weighted by Gasteiger charge is -2.40. The third kappa shape index (κ3) is 4.18. The number of nitrogens with zero attached hydrogens (tertiary/aromatic N) is 3.